The van der Waals surface area contributed by atoms with Crippen molar-refractivity contribution in [3.63, 3.8) is 0 Å². The van der Waals surface area contributed by atoms with Crippen LogP contribution in [0.5, 0.6) is 11.6 Å². The van der Waals surface area contributed by atoms with Gasteiger partial charge in [0.25, 0.3) is 0 Å². The molecule has 1 aromatic carbocycles. The number of nitrogens with zero attached hydrogens (tertiary/aromatic N) is 1. The molecule has 3 nitrogen and oxygen atoms in total. The van der Waals surface area contributed by atoms with E-state index in [1.165, 1.54) is 12.3 Å². The van der Waals surface area contributed by atoms with Crippen LogP contribution >= 0.6 is 0 Å². The number of benzene rings is 1. The van der Waals surface area contributed by atoms with Gasteiger partial charge in [0.15, 0.2) is 17.9 Å². The minimum atomic E-state index is -0.991. The van der Waals surface area contributed by atoms with E-state index in [9.17, 15) is 13.6 Å². The number of carbonyl (C=O) groups excluding carboxylic acids is 1. The quantitative estimate of drug-likeness (QED) is 0.783. The molecule has 2 aromatic rings. The molecule has 1 heterocycles. The number of aromatic nitrogens is 1. The van der Waals surface area contributed by atoms with E-state index in [1.807, 2.05) is 0 Å². The Bertz CT molecular complexity index is 600. The van der Waals surface area contributed by atoms with Crippen molar-refractivity contribution in [1.29, 1.82) is 0 Å². The maximum Gasteiger partial charge on any atom is 0.222 e. The molecule has 0 unspecified atom stereocenters. The zero-order valence-electron chi connectivity index (χ0n) is 9.48. The van der Waals surface area contributed by atoms with Crippen molar-refractivity contribution >= 4 is 6.29 Å². The van der Waals surface area contributed by atoms with Crippen molar-refractivity contribution in [2.75, 3.05) is 0 Å². The minimum absolute atomic E-state index is 0.142. The van der Waals surface area contributed by atoms with Crippen LogP contribution in [0.1, 0.15) is 15.9 Å². The summed E-state index contributed by atoms with van der Waals surface area (Å²) >= 11 is 0. The van der Waals surface area contributed by atoms with Gasteiger partial charge in [-0.1, -0.05) is 0 Å². The van der Waals surface area contributed by atoms with Gasteiger partial charge in [0.1, 0.15) is 5.75 Å². The third kappa shape index (κ3) is 2.51. The monoisotopic (exact) mass is 249 g/mol. The molecular formula is C13H9F2NO2. The fourth-order valence-corrected chi connectivity index (χ4v) is 1.41. The number of rotatable bonds is 3. The SMILES string of the molecule is Cc1cc(C=O)cnc1Oc1ccc(F)c(F)c1. The summed E-state index contributed by atoms with van der Waals surface area (Å²) in [4.78, 5) is 14.5. The molecule has 0 radical (unpaired) electrons. The predicted molar refractivity (Wildman–Crippen MR) is 60.8 cm³/mol. The molecule has 18 heavy (non-hydrogen) atoms. The molecule has 0 fully saturated rings. The largest absolute Gasteiger partial charge is 0.439 e. The van der Waals surface area contributed by atoms with Crippen LogP contribution in [-0.4, -0.2) is 11.3 Å². The lowest BCUT2D eigenvalue weighted by Gasteiger charge is -2.07. The summed E-state index contributed by atoms with van der Waals surface area (Å²) < 4.78 is 31.0. The molecule has 0 atom stereocenters. The van der Waals surface area contributed by atoms with Gasteiger partial charge in [-0.15, -0.1) is 0 Å². The number of aldehydes is 1. The number of carbonyl (C=O) groups is 1. The van der Waals surface area contributed by atoms with Crippen LogP contribution in [0.2, 0.25) is 0 Å². The van der Waals surface area contributed by atoms with Crippen LogP contribution in [0.25, 0.3) is 0 Å². The summed E-state index contributed by atoms with van der Waals surface area (Å²) in [5.41, 5.74) is 1.05. The lowest BCUT2D eigenvalue weighted by atomic mass is 10.2. The van der Waals surface area contributed by atoms with Gasteiger partial charge in [-0.05, 0) is 25.1 Å². The summed E-state index contributed by atoms with van der Waals surface area (Å²) in [6.07, 6.45) is 2.01. The predicted octanol–water partition coefficient (Wildman–Crippen LogP) is 3.27. The lowest BCUT2D eigenvalue weighted by molar-refractivity contribution is 0.112. The van der Waals surface area contributed by atoms with E-state index < -0.39 is 11.6 Å². The van der Waals surface area contributed by atoms with E-state index in [-0.39, 0.29) is 11.6 Å². The third-order valence-electron chi connectivity index (χ3n) is 2.29. The van der Waals surface area contributed by atoms with E-state index in [0.717, 1.165) is 12.1 Å². The average Bonchev–Trinajstić information content (AvgIpc) is 2.36. The number of hydrogen-bond acceptors (Lipinski definition) is 3. The van der Waals surface area contributed by atoms with Crippen molar-refractivity contribution in [3.8, 4) is 11.6 Å². The Labute approximate surface area is 102 Å². The summed E-state index contributed by atoms with van der Waals surface area (Å²) in [6.45, 7) is 1.70. The molecule has 2 rings (SSSR count). The molecule has 0 saturated heterocycles. The maximum atomic E-state index is 13.0. The van der Waals surface area contributed by atoms with E-state index >= 15 is 0 Å². The molecule has 5 heteroatoms. The molecule has 0 bridgehead atoms. The van der Waals surface area contributed by atoms with Crippen LogP contribution in [0, 0.1) is 18.6 Å². The van der Waals surface area contributed by atoms with Gasteiger partial charge >= 0.3 is 0 Å². The first-order valence-corrected chi connectivity index (χ1v) is 5.15. The van der Waals surface area contributed by atoms with Gasteiger partial charge in [-0.25, -0.2) is 13.8 Å². The highest BCUT2D eigenvalue weighted by Crippen LogP contribution is 2.24. The van der Waals surface area contributed by atoms with E-state index in [4.69, 9.17) is 4.74 Å². The van der Waals surface area contributed by atoms with E-state index in [2.05, 4.69) is 4.98 Å². The van der Waals surface area contributed by atoms with Crippen LogP contribution in [0.4, 0.5) is 8.78 Å². The fraction of sp³-hybridized carbons (Fsp3) is 0.0769. The second kappa shape index (κ2) is 4.91. The first-order valence-electron chi connectivity index (χ1n) is 5.15. The smallest absolute Gasteiger partial charge is 0.222 e. The standard InChI is InChI=1S/C13H9F2NO2/c1-8-4-9(7-17)6-16-13(8)18-10-2-3-11(14)12(15)5-10/h2-7H,1H3. The van der Waals surface area contributed by atoms with Crippen LogP contribution in [-0.2, 0) is 0 Å². The molecular weight excluding hydrogens is 240 g/mol. The van der Waals surface area contributed by atoms with Gasteiger partial charge in [0.05, 0.1) is 0 Å². The van der Waals surface area contributed by atoms with Crippen molar-refractivity contribution in [2.24, 2.45) is 0 Å². The fourth-order valence-electron chi connectivity index (χ4n) is 1.41. The first kappa shape index (κ1) is 12.2. The minimum Gasteiger partial charge on any atom is -0.439 e. The summed E-state index contributed by atoms with van der Waals surface area (Å²) in [5, 5.41) is 0. The second-order valence-corrected chi connectivity index (χ2v) is 3.69. The van der Waals surface area contributed by atoms with Crippen molar-refractivity contribution in [3.05, 3.63) is 53.2 Å². The third-order valence-corrected chi connectivity index (χ3v) is 2.29. The number of ether oxygens (including phenoxy) is 1. The number of aryl methyl sites for hydroxylation is 1. The molecule has 0 N–H and O–H groups in total. The highest BCUT2D eigenvalue weighted by Gasteiger charge is 2.07. The van der Waals surface area contributed by atoms with Crippen molar-refractivity contribution in [1.82, 2.24) is 4.98 Å². The molecule has 0 aliphatic heterocycles. The maximum absolute atomic E-state index is 13.0. The van der Waals surface area contributed by atoms with Crippen molar-refractivity contribution < 1.29 is 18.3 Å². The van der Waals surface area contributed by atoms with Gasteiger partial charge in [-0.3, -0.25) is 4.79 Å². The van der Waals surface area contributed by atoms with Gasteiger partial charge in [0, 0.05) is 23.4 Å². The van der Waals surface area contributed by atoms with Crippen LogP contribution in [0.15, 0.2) is 30.5 Å². The topological polar surface area (TPSA) is 39.2 Å². The Morgan fingerprint density at radius 1 is 1.22 bits per heavy atom. The van der Waals surface area contributed by atoms with E-state index in [0.29, 0.717) is 17.4 Å². The van der Waals surface area contributed by atoms with Gasteiger partial charge < -0.3 is 4.74 Å². The molecule has 0 saturated carbocycles. The lowest BCUT2D eigenvalue weighted by Crippen LogP contribution is -1.94. The molecule has 1 aromatic heterocycles. The molecule has 0 aliphatic carbocycles. The van der Waals surface area contributed by atoms with Gasteiger partial charge in [0.2, 0.25) is 5.88 Å². The Kier molecular flexibility index (Phi) is 3.32. The molecule has 0 spiro atoms. The summed E-state index contributed by atoms with van der Waals surface area (Å²) in [5.74, 6) is -1.55. The Morgan fingerprint density at radius 3 is 2.61 bits per heavy atom. The molecule has 92 valence electrons. The number of pyridine rings is 1. The van der Waals surface area contributed by atoms with Crippen LogP contribution in [0.3, 0.4) is 0 Å². The average molecular weight is 249 g/mol. The number of halogens is 2. The van der Waals surface area contributed by atoms with Gasteiger partial charge in [-0.2, -0.15) is 0 Å². The second-order valence-electron chi connectivity index (χ2n) is 3.69. The Hall–Kier alpha value is -2.30. The zero-order valence-corrected chi connectivity index (χ0v) is 9.48. The first-order chi connectivity index (χ1) is 8.60. The highest BCUT2D eigenvalue weighted by molar-refractivity contribution is 5.74. The highest BCUT2D eigenvalue weighted by atomic mass is 19.2. The Balaban J connectivity index is 2.28. The normalized spacial score (nSPS) is 10.2. The zero-order chi connectivity index (χ0) is 13.1. The summed E-state index contributed by atoms with van der Waals surface area (Å²) in [6, 6.07) is 4.80. The Morgan fingerprint density at radius 2 is 2.00 bits per heavy atom. The molecule has 0 aliphatic rings. The van der Waals surface area contributed by atoms with Crippen LogP contribution < -0.4 is 4.74 Å². The van der Waals surface area contributed by atoms with E-state index in [1.54, 1.807) is 13.0 Å². The number of hydrogen-bond donors (Lipinski definition) is 0. The van der Waals surface area contributed by atoms with Crippen molar-refractivity contribution in [2.45, 2.75) is 6.92 Å². The summed E-state index contributed by atoms with van der Waals surface area (Å²) in [7, 11) is 0. The molecule has 0 amide bonds.